The quantitative estimate of drug-likeness (QED) is 0.725. The molecule has 10 heteroatoms. The van der Waals surface area contributed by atoms with Crippen molar-refractivity contribution >= 4 is 11.7 Å². The van der Waals surface area contributed by atoms with Crippen LogP contribution in [0.4, 0.5) is 19.0 Å². The van der Waals surface area contributed by atoms with E-state index in [0.29, 0.717) is 23.7 Å². The Bertz CT molecular complexity index is 987. The average Bonchev–Trinajstić information content (AvgIpc) is 3.28. The van der Waals surface area contributed by atoms with E-state index in [4.69, 9.17) is 5.73 Å². The highest BCUT2D eigenvalue weighted by Gasteiger charge is 2.45. The fourth-order valence-electron chi connectivity index (χ4n) is 4.12. The lowest BCUT2D eigenvalue weighted by atomic mass is 9.87. The first-order valence-electron chi connectivity index (χ1n) is 9.80. The molecule has 2 aliphatic carbocycles. The topological polar surface area (TPSA) is 97.9 Å². The van der Waals surface area contributed by atoms with Crippen molar-refractivity contribution in [3.05, 3.63) is 29.3 Å². The Balaban J connectivity index is 1.55. The van der Waals surface area contributed by atoms with Gasteiger partial charge in [-0.25, -0.2) is 18.2 Å². The number of fused-ring (bicyclic) bond motifs is 1. The summed E-state index contributed by atoms with van der Waals surface area (Å²) in [5, 5.41) is 9.72. The van der Waals surface area contributed by atoms with E-state index in [2.05, 4.69) is 20.7 Å². The number of alkyl halides is 2. The third-order valence-corrected chi connectivity index (χ3v) is 5.95. The van der Waals surface area contributed by atoms with E-state index in [0.717, 1.165) is 12.8 Å². The van der Waals surface area contributed by atoms with Crippen molar-refractivity contribution < 1.29 is 18.0 Å². The minimum Gasteiger partial charge on any atom is -0.363 e. The molecule has 3 aliphatic rings. The van der Waals surface area contributed by atoms with Crippen LogP contribution in [-0.2, 0) is 6.54 Å². The van der Waals surface area contributed by atoms with Crippen LogP contribution in [0.1, 0.15) is 54.1 Å². The second-order valence-corrected chi connectivity index (χ2v) is 8.03. The van der Waals surface area contributed by atoms with Crippen LogP contribution in [0, 0.1) is 5.82 Å². The third-order valence-electron chi connectivity index (χ3n) is 5.95. The molecule has 2 saturated carbocycles. The molecule has 1 aliphatic heterocycles. The molecule has 5 rings (SSSR count). The van der Waals surface area contributed by atoms with Crippen molar-refractivity contribution in [1.29, 1.82) is 0 Å². The zero-order valence-corrected chi connectivity index (χ0v) is 15.6. The van der Waals surface area contributed by atoms with Crippen LogP contribution in [0.25, 0.3) is 11.3 Å². The number of carbonyl (C=O) groups excluding carboxylic acids is 1. The Labute approximate surface area is 164 Å². The van der Waals surface area contributed by atoms with Crippen molar-refractivity contribution in [2.24, 2.45) is 5.73 Å². The fraction of sp³-hybridized carbons (Fsp3) is 0.526. The molecular formula is C19H21F3N6O. The monoisotopic (exact) mass is 406 g/mol. The molecule has 0 bridgehead atoms. The number of hydrogen-bond donors (Lipinski definition) is 3. The zero-order chi connectivity index (χ0) is 20.3. The van der Waals surface area contributed by atoms with Crippen molar-refractivity contribution in [1.82, 2.24) is 20.1 Å². The van der Waals surface area contributed by atoms with E-state index in [1.165, 1.54) is 0 Å². The Morgan fingerprint density at radius 3 is 2.86 bits per heavy atom. The second kappa shape index (κ2) is 6.45. The van der Waals surface area contributed by atoms with Crippen LogP contribution < -0.4 is 16.4 Å². The third kappa shape index (κ3) is 3.06. The number of halogens is 3. The van der Waals surface area contributed by atoms with Gasteiger partial charge < -0.3 is 16.4 Å². The van der Waals surface area contributed by atoms with Crippen molar-refractivity contribution in [3.63, 3.8) is 0 Å². The Kier molecular flexibility index (Phi) is 4.09. The van der Waals surface area contributed by atoms with E-state index in [1.54, 1.807) is 12.4 Å². The number of amides is 1. The van der Waals surface area contributed by atoms with Gasteiger partial charge in [-0.05, 0) is 25.7 Å². The molecule has 2 atom stereocenters. The smallest absolute Gasteiger partial charge is 0.264 e. The van der Waals surface area contributed by atoms with Gasteiger partial charge in [-0.15, -0.1) is 0 Å². The van der Waals surface area contributed by atoms with Crippen molar-refractivity contribution in [2.45, 2.75) is 62.7 Å². The average molecular weight is 406 g/mol. The molecule has 2 aromatic rings. The lowest BCUT2D eigenvalue weighted by Crippen LogP contribution is -2.55. The first-order chi connectivity index (χ1) is 13.8. The highest BCUT2D eigenvalue weighted by Crippen LogP contribution is 2.38. The van der Waals surface area contributed by atoms with Crippen LogP contribution >= 0.6 is 0 Å². The molecule has 29 heavy (non-hydrogen) atoms. The van der Waals surface area contributed by atoms with Gasteiger partial charge >= 0.3 is 0 Å². The minimum atomic E-state index is -3.02. The molecule has 0 saturated heterocycles. The van der Waals surface area contributed by atoms with Gasteiger partial charge in [0.05, 0.1) is 29.5 Å². The van der Waals surface area contributed by atoms with Gasteiger partial charge in [0.2, 0.25) is 0 Å². The number of carbonyl (C=O) groups is 1. The number of anilines is 1. The van der Waals surface area contributed by atoms with E-state index in [1.807, 2.05) is 4.68 Å². The molecule has 1 amide bonds. The van der Waals surface area contributed by atoms with Gasteiger partial charge in [-0.1, -0.05) is 0 Å². The standard InChI is InChI=1S/C19H21F3N6O/c20-14-11-7-24-18(29)13(11)15(9-6-25-28(8-9)10-3-4-10)27-17(14)26-12-2-1-5-19(21,22)16(12)23/h6,8,10,12,16H,1-5,7,23H2,(H,24,29)(H,26,27)/t12-,16-/m1/s1. The first-order valence-corrected chi connectivity index (χ1v) is 9.80. The summed E-state index contributed by atoms with van der Waals surface area (Å²) in [6.45, 7) is 0.0217. The van der Waals surface area contributed by atoms with E-state index in [-0.39, 0.29) is 36.3 Å². The van der Waals surface area contributed by atoms with E-state index < -0.39 is 29.7 Å². The van der Waals surface area contributed by atoms with Gasteiger partial charge in [-0.3, -0.25) is 9.48 Å². The number of nitrogens with zero attached hydrogens (tertiary/aromatic N) is 3. The Morgan fingerprint density at radius 2 is 2.10 bits per heavy atom. The number of nitrogens with two attached hydrogens (primary N) is 1. The Morgan fingerprint density at radius 1 is 1.31 bits per heavy atom. The molecule has 0 spiro atoms. The lowest BCUT2D eigenvalue weighted by molar-refractivity contribution is -0.0555. The molecule has 2 fully saturated rings. The van der Waals surface area contributed by atoms with Gasteiger partial charge in [0.1, 0.15) is 0 Å². The van der Waals surface area contributed by atoms with Crippen LogP contribution in [0.3, 0.4) is 0 Å². The minimum absolute atomic E-state index is 0.0217. The number of aromatic nitrogens is 3. The van der Waals surface area contributed by atoms with E-state index >= 15 is 4.39 Å². The van der Waals surface area contributed by atoms with Crippen LogP contribution in [-0.4, -0.2) is 38.7 Å². The molecule has 0 radical (unpaired) electrons. The van der Waals surface area contributed by atoms with Crippen LogP contribution in [0.2, 0.25) is 0 Å². The van der Waals surface area contributed by atoms with Gasteiger partial charge in [0, 0.05) is 36.3 Å². The summed E-state index contributed by atoms with van der Waals surface area (Å²) in [6.07, 6.45) is 5.85. The van der Waals surface area contributed by atoms with Crippen molar-refractivity contribution in [3.8, 4) is 11.3 Å². The molecular weight excluding hydrogens is 385 g/mol. The summed E-state index contributed by atoms with van der Waals surface area (Å²) < 4.78 is 44.9. The number of hydrogen-bond acceptors (Lipinski definition) is 5. The highest BCUT2D eigenvalue weighted by atomic mass is 19.3. The molecule has 0 aromatic carbocycles. The summed E-state index contributed by atoms with van der Waals surface area (Å²) >= 11 is 0. The summed E-state index contributed by atoms with van der Waals surface area (Å²) in [6, 6.07) is -1.91. The van der Waals surface area contributed by atoms with Crippen molar-refractivity contribution in [2.75, 3.05) is 5.32 Å². The predicted octanol–water partition coefficient (Wildman–Crippen LogP) is 2.59. The predicted molar refractivity (Wildman–Crippen MR) is 99.0 cm³/mol. The molecule has 2 aromatic heterocycles. The largest absolute Gasteiger partial charge is 0.363 e. The maximum Gasteiger partial charge on any atom is 0.264 e. The molecule has 154 valence electrons. The van der Waals surface area contributed by atoms with Gasteiger partial charge in [0.15, 0.2) is 11.6 Å². The van der Waals surface area contributed by atoms with Gasteiger partial charge in [0.25, 0.3) is 11.8 Å². The summed E-state index contributed by atoms with van der Waals surface area (Å²) in [7, 11) is 0. The normalized spacial score (nSPS) is 25.6. The highest BCUT2D eigenvalue weighted by molar-refractivity contribution is 6.04. The maximum atomic E-state index is 15.1. The maximum absolute atomic E-state index is 15.1. The Hall–Kier alpha value is -2.62. The summed E-state index contributed by atoms with van der Waals surface area (Å²) in [5.74, 6) is -4.30. The molecule has 7 nitrogen and oxygen atoms in total. The number of nitrogens with one attached hydrogen (secondary N) is 2. The SMILES string of the molecule is N[C@@H]1[C@H](Nc2nc(-c3cnn(C4CC4)c3)c3c(c2F)CNC3=O)CCCC1(F)F. The second-order valence-electron chi connectivity index (χ2n) is 8.03. The molecule has 0 unspecified atom stereocenters. The van der Waals surface area contributed by atoms with Crippen LogP contribution in [0.5, 0.6) is 0 Å². The number of rotatable bonds is 4. The molecule has 4 N–H and O–H groups in total. The lowest BCUT2D eigenvalue weighted by Gasteiger charge is -2.36. The summed E-state index contributed by atoms with van der Waals surface area (Å²) in [5.41, 5.74) is 6.97. The van der Waals surface area contributed by atoms with Crippen LogP contribution in [0.15, 0.2) is 12.4 Å². The van der Waals surface area contributed by atoms with Gasteiger partial charge in [-0.2, -0.15) is 5.10 Å². The first kappa shape index (κ1) is 18.4. The molecule has 3 heterocycles. The van der Waals surface area contributed by atoms with E-state index in [9.17, 15) is 13.6 Å². The zero-order valence-electron chi connectivity index (χ0n) is 15.6. The number of pyridine rings is 1. The fourth-order valence-corrected chi connectivity index (χ4v) is 4.12. The summed E-state index contributed by atoms with van der Waals surface area (Å²) in [4.78, 5) is 16.7.